The van der Waals surface area contributed by atoms with Gasteiger partial charge in [0.1, 0.15) is 0 Å². The van der Waals surface area contributed by atoms with Gasteiger partial charge in [0.05, 0.1) is 16.4 Å². The van der Waals surface area contributed by atoms with Gasteiger partial charge in [0.15, 0.2) is 0 Å². The van der Waals surface area contributed by atoms with Gasteiger partial charge in [-0.1, -0.05) is 23.2 Å². The Morgan fingerprint density at radius 3 is 2.83 bits per heavy atom. The molecule has 1 N–H and O–H groups in total. The fraction of sp³-hybridized carbons (Fsp3) is 0.167. The first-order valence-corrected chi connectivity index (χ1v) is 6.11. The molecule has 0 fully saturated rings. The summed E-state index contributed by atoms with van der Waals surface area (Å²) in [5.74, 6) is -0.173. The third-order valence-electron chi connectivity index (χ3n) is 2.40. The van der Waals surface area contributed by atoms with Crippen molar-refractivity contribution in [2.24, 2.45) is 0 Å². The minimum absolute atomic E-state index is 0.173. The summed E-state index contributed by atoms with van der Waals surface area (Å²) >= 11 is 11.6. The number of hydrogen-bond donors (Lipinski definition) is 1. The zero-order valence-electron chi connectivity index (χ0n) is 9.44. The average Bonchev–Trinajstić information content (AvgIpc) is 2.85. The van der Waals surface area contributed by atoms with Crippen molar-refractivity contribution in [2.75, 3.05) is 6.54 Å². The molecule has 0 bridgehead atoms. The normalized spacial score (nSPS) is 10.3. The molecule has 4 nitrogen and oxygen atoms in total. The topological polar surface area (TPSA) is 46.9 Å². The van der Waals surface area contributed by atoms with E-state index in [1.54, 1.807) is 30.7 Å². The molecule has 1 aromatic carbocycles. The van der Waals surface area contributed by atoms with E-state index in [9.17, 15) is 4.79 Å². The predicted octanol–water partition coefficient (Wildman–Crippen LogP) is 2.62. The Morgan fingerprint density at radius 1 is 1.33 bits per heavy atom. The highest BCUT2D eigenvalue weighted by molar-refractivity contribution is 6.42. The van der Waals surface area contributed by atoms with Gasteiger partial charge in [-0.2, -0.15) is 0 Å². The molecule has 0 unspecified atom stereocenters. The largest absolute Gasteiger partial charge is 0.350 e. The van der Waals surface area contributed by atoms with E-state index < -0.39 is 0 Å². The smallest absolute Gasteiger partial charge is 0.251 e. The lowest BCUT2D eigenvalue weighted by Gasteiger charge is -2.06. The van der Waals surface area contributed by atoms with Crippen molar-refractivity contribution in [3.05, 3.63) is 52.5 Å². The van der Waals surface area contributed by atoms with Crippen LogP contribution in [0.25, 0.3) is 0 Å². The van der Waals surface area contributed by atoms with Gasteiger partial charge < -0.3 is 9.88 Å². The summed E-state index contributed by atoms with van der Waals surface area (Å²) in [5, 5.41) is 3.61. The number of nitrogens with one attached hydrogen (secondary N) is 1. The lowest BCUT2D eigenvalue weighted by molar-refractivity contribution is 0.0952. The Balaban J connectivity index is 1.89. The summed E-state index contributed by atoms with van der Waals surface area (Å²) in [6.45, 7) is 1.20. The molecule has 0 aliphatic carbocycles. The van der Waals surface area contributed by atoms with E-state index in [4.69, 9.17) is 23.2 Å². The van der Waals surface area contributed by atoms with E-state index >= 15 is 0 Å². The molecule has 0 saturated carbocycles. The number of hydrogen-bond acceptors (Lipinski definition) is 2. The molecular formula is C12H11Cl2N3O. The van der Waals surface area contributed by atoms with Gasteiger partial charge in [-0.05, 0) is 18.2 Å². The highest BCUT2D eigenvalue weighted by Gasteiger charge is 2.07. The molecule has 0 atom stereocenters. The first-order valence-electron chi connectivity index (χ1n) is 5.36. The van der Waals surface area contributed by atoms with Gasteiger partial charge in [0, 0.05) is 31.0 Å². The number of rotatable bonds is 4. The van der Waals surface area contributed by atoms with Crippen LogP contribution in [-0.4, -0.2) is 22.0 Å². The Bertz CT molecular complexity index is 540. The molecule has 2 rings (SSSR count). The number of imidazole rings is 1. The van der Waals surface area contributed by atoms with E-state index in [-0.39, 0.29) is 5.91 Å². The van der Waals surface area contributed by atoms with E-state index in [0.717, 1.165) is 0 Å². The van der Waals surface area contributed by atoms with Gasteiger partial charge >= 0.3 is 0 Å². The third kappa shape index (κ3) is 3.24. The SMILES string of the molecule is O=C(NCCn1ccnc1)c1ccc(Cl)c(Cl)c1. The van der Waals surface area contributed by atoms with Crippen LogP contribution >= 0.6 is 23.2 Å². The Hall–Kier alpha value is -1.52. The van der Waals surface area contributed by atoms with Crippen molar-refractivity contribution in [2.45, 2.75) is 6.54 Å². The van der Waals surface area contributed by atoms with Crippen LogP contribution in [-0.2, 0) is 6.54 Å². The summed E-state index contributed by atoms with van der Waals surface area (Å²) in [4.78, 5) is 15.7. The maximum Gasteiger partial charge on any atom is 0.251 e. The zero-order chi connectivity index (χ0) is 13.0. The number of benzene rings is 1. The van der Waals surface area contributed by atoms with Crippen molar-refractivity contribution < 1.29 is 4.79 Å². The van der Waals surface area contributed by atoms with E-state index in [2.05, 4.69) is 10.3 Å². The van der Waals surface area contributed by atoms with Crippen LogP contribution in [0, 0.1) is 0 Å². The Morgan fingerprint density at radius 2 is 2.17 bits per heavy atom. The van der Waals surface area contributed by atoms with Crippen LogP contribution < -0.4 is 5.32 Å². The van der Waals surface area contributed by atoms with Crippen LogP contribution in [0.2, 0.25) is 10.0 Å². The minimum atomic E-state index is -0.173. The predicted molar refractivity (Wildman–Crippen MR) is 71.0 cm³/mol. The second kappa shape index (κ2) is 5.89. The van der Waals surface area contributed by atoms with E-state index in [1.165, 1.54) is 0 Å². The summed E-state index contributed by atoms with van der Waals surface area (Å²) in [5.41, 5.74) is 0.495. The van der Waals surface area contributed by atoms with Crippen LogP contribution in [0.5, 0.6) is 0 Å². The highest BCUT2D eigenvalue weighted by atomic mass is 35.5. The summed E-state index contributed by atoms with van der Waals surface area (Å²) < 4.78 is 1.88. The number of halogens is 2. The molecule has 18 heavy (non-hydrogen) atoms. The number of carbonyl (C=O) groups excluding carboxylic acids is 1. The molecule has 94 valence electrons. The molecule has 1 heterocycles. The molecular weight excluding hydrogens is 273 g/mol. The highest BCUT2D eigenvalue weighted by Crippen LogP contribution is 2.22. The van der Waals surface area contributed by atoms with Gasteiger partial charge in [-0.25, -0.2) is 4.98 Å². The molecule has 0 saturated heterocycles. The third-order valence-corrected chi connectivity index (χ3v) is 3.14. The molecule has 0 aliphatic heterocycles. The number of aromatic nitrogens is 2. The maximum atomic E-state index is 11.8. The first-order chi connectivity index (χ1) is 8.66. The molecule has 0 radical (unpaired) electrons. The van der Waals surface area contributed by atoms with Crippen molar-refractivity contribution in [3.63, 3.8) is 0 Å². The van der Waals surface area contributed by atoms with Gasteiger partial charge in [0.25, 0.3) is 5.91 Å². The second-order valence-electron chi connectivity index (χ2n) is 3.69. The van der Waals surface area contributed by atoms with Gasteiger partial charge in [0.2, 0.25) is 0 Å². The monoisotopic (exact) mass is 283 g/mol. The van der Waals surface area contributed by atoms with E-state index in [1.807, 2.05) is 10.8 Å². The molecule has 0 aliphatic rings. The fourth-order valence-electron chi connectivity index (χ4n) is 1.46. The van der Waals surface area contributed by atoms with Crippen molar-refractivity contribution in [3.8, 4) is 0 Å². The molecule has 0 spiro atoms. The standard InChI is InChI=1S/C12H11Cl2N3O/c13-10-2-1-9(7-11(10)14)12(18)16-4-6-17-5-3-15-8-17/h1-3,5,7-8H,4,6H2,(H,16,18). The van der Waals surface area contributed by atoms with Gasteiger partial charge in [-0.3, -0.25) is 4.79 Å². The molecule has 1 aromatic heterocycles. The summed E-state index contributed by atoms with van der Waals surface area (Å²) in [7, 11) is 0. The first kappa shape index (κ1) is 12.9. The minimum Gasteiger partial charge on any atom is -0.350 e. The Kier molecular flexibility index (Phi) is 4.23. The fourth-order valence-corrected chi connectivity index (χ4v) is 1.76. The average molecular weight is 284 g/mol. The molecule has 6 heteroatoms. The van der Waals surface area contributed by atoms with Crippen LogP contribution in [0.3, 0.4) is 0 Å². The number of nitrogens with zero attached hydrogens (tertiary/aromatic N) is 2. The lowest BCUT2D eigenvalue weighted by Crippen LogP contribution is -2.26. The second-order valence-corrected chi connectivity index (χ2v) is 4.50. The van der Waals surface area contributed by atoms with Crippen LogP contribution in [0.1, 0.15) is 10.4 Å². The summed E-state index contributed by atoms with van der Waals surface area (Å²) in [6, 6.07) is 4.80. The number of amides is 1. The van der Waals surface area contributed by atoms with Gasteiger partial charge in [-0.15, -0.1) is 0 Å². The quantitative estimate of drug-likeness (QED) is 0.938. The van der Waals surface area contributed by atoms with Crippen molar-refractivity contribution in [1.29, 1.82) is 0 Å². The maximum absolute atomic E-state index is 11.8. The van der Waals surface area contributed by atoms with Crippen LogP contribution in [0.4, 0.5) is 0 Å². The lowest BCUT2D eigenvalue weighted by atomic mass is 10.2. The van der Waals surface area contributed by atoms with E-state index in [0.29, 0.717) is 28.7 Å². The Labute approximate surface area is 115 Å². The molecule has 1 amide bonds. The van der Waals surface area contributed by atoms with Crippen molar-refractivity contribution in [1.82, 2.24) is 14.9 Å². The van der Waals surface area contributed by atoms with Crippen LogP contribution in [0.15, 0.2) is 36.9 Å². The zero-order valence-corrected chi connectivity index (χ0v) is 10.9. The summed E-state index contributed by atoms with van der Waals surface area (Å²) in [6.07, 6.45) is 5.23. The molecule has 2 aromatic rings. The number of carbonyl (C=O) groups is 1. The van der Waals surface area contributed by atoms with Crippen molar-refractivity contribution >= 4 is 29.1 Å².